The summed E-state index contributed by atoms with van der Waals surface area (Å²) in [5, 5.41) is 7.48. The number of aryl methyl sites for hydroxylation is 2. The lowest BCUT2D eigenvalue weighted by molar-refractivity contribution is -0.143. The van der Waals surface area contributed by atoms with Crippen LogP contribution in [0.3, 0.4) is 0 Å². The molecule has 1 aromatic heterocycles. The summed E-state index contributed by atoms with van der Waals surface area (Å²) in [6.45, 7) is 6.66. The zero-order valence-electron chi connectivity index (χ0n) is 10.9. The van der Waals surface area contributed by atoms with Crippen LogP contribution in [0.5, 0.6) is 0 Å². The SMILES string of the molecule is COC(=O)C(CCn1ccc(C)n1)NC(C)C. The van der Waals surface area contributed by atoms with E-state index in [4.69, 9.17) is 4.74 Å². The first-order chi connectivity index (χ1) is 8.02. The molecule has 96 valence electrons. The molecule has 0 aliphatic carbocycles. The Labute approximate surface area is 102 Å². The summed E-state index contributed by atoms with van der Waals surface area (Å²) in [7, 11) is 1.41. The van der Waals surface area contributed by atoms with E-state index in [1.807, 2.05) is 37.7 Å². The molecule has 1 aromatic rings. The van der Waals surface area contributed by atoms with E-state index in [-0.39, 0.29) is 18.1 Å². The van der Waals surface area contributed by atoms with Crippen molar-refractivity contribution >= 4 is 5.97 Å². The molecule has 1 heterocycles. The second-order valence-corrected chi connectivity index (χ2v) is 4.41. The van der Waals surface area contributed by atoms with Crippen molar-refractivity contribution in [3.63, 3.8) is 0 Å². The van der Waals surface area contributed by atoms with Gasteiger partial charge in [0.25, 0.3) is 0 Å². The van der Waals surface area contributed by atoms with E-state index in [1.165, 1.54) is 7.11 Å². The average molecular weight is 239 g/mol. The summed E-state index contributed by atoms with van der Waals surface area (Å²) < 4.78 is 6.62. The Bertz CT molecular complexity index is 360. The molecule has 1 rings (SSSR count). The number of hydrogen-bond donors (Lipinski definition) is 1. The first-order valence-corrected chi connectivity index (χ1v) is 5.87. The van der Waals surface area contributed by atoms with Crippen LogP contribution in [0.2, 0.25) is 0 Å². The van der Waals surface area contributed by atoms with Gasteiger partial charge >= 0.3 is 5.97 Å². The van der Waals surface area contributed by atoms with Crippen molar-refractivity contribution in [2.45, 2.75) is 45.8 Å². The van der Waals surface area contributed by atoms with Gasteiger partial charge in [-0.25, -0.2) is 0 Å². The van der Waals surface area contributed by atoms with Gasteiger partial charge in [-0.2, -0.15) is 5.10 Å². The zero-order chi connectivity index (χ0) is 12.8. The predicted octanol–water partition coefficient (Wildman–Crippen LogP) is 1.12. The molecular weight excluding hydrogens is 218 g/mol. The molecule has 0 spiro atoms. The summed E-state index contributed by atoms with van der Waals surface area (Å²) in [4.78, 5) is 11.6. The van der Waals surface area contributed by atoms with Crippen molar-refractivity contribution in [3.05, 3.63) is 18.0 Å². The van der Waals surface area contributed by atoms with Gasteiger partial charge in [0.1, 0.15) is 6.04 Å². The number of esters is 1. The second-order valence-electron chi connectivity index (χ2n) is 4.41. The average Bonchev–Trinajstić information content (AvgIpc) is 2.68. The van der Waals surface area contributed by atoms with Crippen molar-refractivity contribution in [2.75, 3.05) is 7.11 Å². The maximum Gasteiger partial charge on any atom is 0.322 e. The topological polar surface area (TPSA) is 56.2 Å². The number of ether oxygens (including phenoxy) is 1. The highest BCUT2D eigenvalue weighted by atomic mass is 16.5. The van der Waals surface area contributed by atoms with Gasteiger partial charge in [-0.05, 0) is 19.4 Å². The predicted molar refractivity (Wildman–Crippen MR) is 65.7 cm³/mol. The Hall–Kier alpha value is -1.36. The lowest BCUT2D eigenvalue weighted by Crippen LogP contribution is -2.42. The van der Waals surface area contributed by atoms with Gasteiger partial charge in [0, 0.05) is 18.8 Å². The molecule has 0 aliphatic heterocycles. The minimum absolute atomic E-state index is 0.220. The third-order valence-corrected chi connectivity index (χ3v) is 2.44. The third-order valence-electron chi connectivity index (χ3n) is 2.44. The first-order valence-electron chi connectivity index (χ1n) is 5.87. The van der Waals surface area contributed by atoms with E-state index < -0.39 is 0 Å². The molecule has 0 radical (unpaired) electrons. The molecule has 0 saturated heterocycles. The summed E-state index contributed by atoms with van der Waals surface area (Å²) in [5.74, 6) is -0.220. The Morgan fingerprint density at radius 1 is 1.59 bits per heavy atom. The third kappa shape index (κ3) is 4.56. The molecule has 17 heavy (non-hydrogen) atoms. The number of aromatic nitrogens is 2. The van der Waals surface area contributed by atoms with Crippen molar-refractivity contribution < 1.29 is 9.53 Å². The van der Waals surface area contributed by atoms with Crippen LogP contribution in [-0.4, -0.2) is 34.9 Å². The fourth-order valence-electron chi connectivity index (χ4n) is 1.66. The van der Waals surface area contributed by atoms with Crippen LogP contribution in [0.25, 0.3) is 0 Å². The fourth-order valence-corrected chi connectivity index (χ4v) is 1.66. The molecule has 1 N–H and O–H groups in total. The summed E-state index contributed by atoms with van der Waals surface area (Å²) >= 11 is 0. The maximum absolute atomic E-state index is 11.6. The van der Waals surface area contributed by atoms with E-state index >= 15 is 0 Å². The van der Waals surface area contributed by atoms with Crippen LogP contribution in [0, 0.1) is 6.92 Å². The Kier molecular flexibility index (Phi) is 5.15. The van der Waals surface area contributed by atoms with Gasteiger partial charge in [-0.15, -0.1) is 0 Å². The quantitative estimate of drug-likeness (QED) is 0.756. The summed E-state index contributed by atoms with van der Waals surface area (Å²) in [6, 6.07) is 1.92. The van der Waals surface area contributed by atoms with Crippen LogP contribution in [0.4, 0.5) is 0 Å². The van der Waals surface area contributed by atoms with E-state index in [9.17, 15) is 4.79 Å². The molecule has 0 saturated carbocycles. The number of hydrogen-bond acceptors (Lipinski definition) is 4. The molecule has 0 aliphatic rings. The van der Waals surface area contributed by atoms with E-state index in [1.54, 1.807) is 0 Å². The zero-order valence-corrected chi connectivity index (χ0v) is 10.9. The molecule has 0 amide bonds. The van der Waals surface area contributed by atoms with Crippen LogP contribution in [0.1, 0.15) is 26.0 Å². The Morgan fingerprint density at radius 2 is 2.29 bits per heavy atom. The van der Waals surface area contributed by atoms with Crippen molar-refractivity contribution in [3.8, 4) is 0 Å². The highest BCUT2D eigenvalue weighted by Gasteiger charge is 2.19. The van der Waals surface area contributed by atoms with Crippen LogP contribution in [-0.2, 0) is 16.1 Å². The van der Waals surface area contributed by atoms with Gasteiger partial charge in [0.2, 0.25) is 0 Å². The Balaban J connectivity index is 2.51. The van der Waals surface area contributed by atoms with Crippen LogP contribution >= 0.6 is 0 Å². The summed E-state index contributed by atoms with van der Waals surface area (Å²) in [5.41, 5.74) is 0.983. The molecule has 1 atom stereocenters. The van der Waals surface area contributed by atoms with Gasteiger partial charge in [0.15, 0.2) is 0 Å². The summed E-state index contributed by atoms with van der Waals surface area (Å²) in [6.07, 6.45) is 2.59. The molecular formula is C12H21N3O2. The molecule has 0 fully saturated rings. The van der Waals surface area contributed by atoms with Crippen molar-refractivity contribution in [1.29, 1.82) is 0 Å². The molecule has 1 unspecified atom stereocenters. The smallest absolute Gasteiger partial charge is 0.322 e. The molecule has 5 heteroatoms. The van der Waals surface area contributed by atoms with E-state index in [2.05, 4.69) is 10.4 Å². The van der Waals surface area contributed by atoms with Gasteiger partial charge in [-0.3, -0.25) is 9.48 Å². The molecule has 0 aromatic carbocycles. The number of nitrogens with one attached hydrogen (secondary N) is 1. The lowest BCUT2D eigenvalue weighted by Gasteiger charge is -2.18. The maximum atomic E-state index is 11.6. The molecule has 0 bridgehead atoms. The van der Waals surface area contributed by atoms with Gasteiger partial charge < -0.3 is 10.1 Å². The number of rotatable bonds is 6. The van der Waals surface area contributed by atoms with Crippen molar-refractivity contribution in [2.24, 2.45) is 0 Å². The minimum Gasteiger partial charge on any atom is -0.468 e. The van der Waals surface area contributed by atoms with Crippen LogP contribution < -0.4 is 5.32 Å². The number of methoxy groups -OCH3 is 1. The number of carbonyl (C=O) groups is 1. The Morgan fingerprint density at radius 3 is 2.76 bits per heavy atom. The number of carbonyl (C=O) groups excluding carboxylic acids is 1. The van der Waals surface area contributed by atoms with Crippen molar-refractivity contribution in [1.82, 2.24) is 15.1 Å². The minimum atomic E-state index is -0.274. The van der Waals surface area contributed by atoms with Crippen LogP contribution in [0.15, 0.2) is 12.3 Å². The fraction of sp³-hybridized carbons (Fsp3) is 0.667. The van der Waals surface area contributed by atoms with Gasteiger partial charge in [-0.1, -0.05) is 13.8 Å². The molecule has 5 nitrogen and oxygen atoms in total. The second kappa shape index (κ2) is 6.39. The monoisotopic (exact) mass is 239 g/mol. The number of nitrogens with zero attached hydrogens (tertiary/aromatic N) is 2. The highest BCUT2D eigenvalue weighted by Crippen LogP contribution is 2.01. The van der Waals surface area contributed by atoms with E-state index in [0.717, 1.165) is 5.69 Å². The lowest BCUT2D eigenvalue weighted by atomic mass is 10.2. The largest absolute Gasteiger partial charge is 0.468 e. The first kappa shape index (κ1) is 13.7. The standard InChI is InChI=1S/C12H21N3O2/c1-9(2)13-11(12(16)17-4)6-8-15-7-5-10(3)14-15/h5,7,9,11,13H,6,8H2,1-4H3. The normalized spacial score (nSPS) is 12.8. The van der Waals surface area contributed by atoms with Gasteiger partial charge in [0.05, 0.1) is 12.8 Å². The van der Waals surface area contributed by atoms with E-state index in [0.29, 0.717) is 13.0 Å². The highest BCUT2D eigenvalue weighted by molar-refractivity contribution is 5.75.